The molecule has 0 saturated carbocycles. The molecule has 130 valence electrons. The molecule has 0 aliphatic heterocycles. The van der Waals surface area contributed by atoms with Crippen LogP contribution in [-0.4, -0.2) is 22.7 Å². The second kappa shape index (κ2) is 7.28. The Morgan fingerprint density at radius 3 is 2.80 bits per heavy atom. The summed E-state index contributed by atoms with van der Waals surface area (Å²) in [7, 11) is 0. The lowest BCUT2D eigenvalue weighted by molar-refractivity contribution is 0.0525. The molecule has 1 aliphatic rings. The molecule has 0 bridgehead atoms. The van der Waals surface area contributed by atoms with Crippen LogP contribution in [0.2, 0.25) is 5.02 Å². The van der Waals surface area contributed by atoms with E-state index < -0.39 is 0 Å². The van der Waals surface area contributed by atoms with Gasteiger partial charge in [0.15, 0.2) is 0 Å². The van der Waals surface area contributed by atoms with Crippen molar-refractivity contribution in [2.45, 2.75) is 33.1 Å². The van der Waals surface area contributed by atoms with Crippen LogP contribution in [-0.2, 0) is 4.74 Å². The minimum absolute atomic E-state index is 0.0171. The predicted molar refractivity (Wildman–Crippen MR) is 98.7 cm³/mol. The average Bonchev–Trinajstić information content (AvgIpc) is 3.07. The van der Waals surface area contributed by atoms with Gasteiger partial charge in [0.25, 0.3) is 0 Å². The number of ether oxygens (including phenoxy) is 1. The molecule has 25 heavy (non-hydrogen) atoms. The van der Waals surface area contributed by atoms with Gasteiger partial charge in [-0.3, -0.25) is 0 Å². The van der Waals surface area contributed by atoms with Crippen molar-refractivity contribution < 1.29 is 14.6 Å². The summed E-state index contributed by atoms with van der Waals surface area (Å²) >= 11 is 6.05. The first kappa shape index (κ1) is 17.5. The lowest BCUT2D eigenvalue weighted by Crippen LogP contribution is -2.07. The van der Waals surface area contributed by atoms with Gasteiger partial charge in [-0.25, -0.2) is 9.78 Å². The van der Waals surface area contributed by atoms with Crippen molar-refractivity contribution in [3.05, 3.63) is 57.7 Å². The van der Waals surface area contributed by atoms with E-state index in [0.29, 0.717) is 22.8 Å². The van der Waals surface area contributed by atoms with Crippen LogP contribution in [0.3, 0.4) is 0 Å². The van der Waals surface area contributed by atoms with Crippen LogP contribution in [0.15, 0.2) is 30.5 Å². The standard InChI is InChI=1S/C20H20ClNO3/c1-3-25-20(24)17-9-13(8-7-12(17)2)15-5-4-6-16(15)18-10-14(21)11-22-19(18)23/h7-11H,3-6H2,1-2H3,(H,22,23). The fourth-order valence-electron chi connectivity index (χ4n) is 3.25. The molecule has 0 unspecified atom stereocenters. The van der Waals surface area contributed by atoms with Gasteiger partial charge < -0.3 is 9.84 Å². The Morgan fingerprint density at radius 1 is 1.28 bits per heavy atom. The van der Waals surface area contributed by atoms with E-state index in [9.17, 15) is 9.90 Å². The Bertz CT molecular complexity index is 858. The molecular weight excluding hydrogens is 338 g/mol. The highest BCUT2D eigenvalue weighted by Crippen LogP contribution is 2.42. The van der Waals surface area contributed by atoms with Crippen molar-refractivity contribution >= 4 is 28.7 Å². The van der Waals surface area contributed by atoms with Gasteiger partial charge in [-0.05, 0) is 67.5 Å². The summed E-state index contributed by atoms with van der Waals surface area (Å²) < 4.78 is 5.15. The fraction of sp³-hybridized carbons (Fsp3) is 0.300. The molecule has 5 heteroatoms. The van der Waals surface area contributed by atoms with Crippen molar-refractivity contribution in [1.82, 2.24) is 4.98 Å². The average molecular weight is 358 g/mol. The summed E-state index contributed by atoms with van der Waals surface area (Å²) in [5.74, 6) is -0.328. The molecule has 2 aromatic rings. The molecule has 0 radical (unpaired) electrons. The fourth-order valence-corrected chi connectivity index (χ4v) is 3.41. The van der Waals surface area contributed by atoms with Crippen molar-refractivity contribution in [2.75, 3.05) is 6.61 Å². The van der Waals surface area contributed by atoms with Crippen molar-refractivity contribution in [1.29, 1.82) is 0 Å². The number of hydrogen-bond acceptors (Lipinski definition) is 4. The number of hydrogen-bond donors (Lipinski definition) is 1. The zero-order chi connectivity index (χ0) is 18.0. The Balaban J connectivity index is 2.09. The molecule has 1 aromatic carbocycles. The molecule has 1 N–H and O–H groups in total. The van der Waals surface area contributed by atoms with Crippen molar-refractivity contribution in [3.8, 4) is 5.88 Å². The maximum atomic E-state index is 12.2. The quantitative estimate of drug-likeness (QED) is 0.780. The number of esters is 1. The van der Waals surface area contributed by atoms with E-state index in [-0.39, 0.29) is 11.8 Å². The molecule has 4 nitrogen and oxygen atoms in total. The molecule has 0 fully saturated rings. The highest BCUT2D eigenvalue weighted by atomic mass is 35.5. The van der Waals surface area contributed by atoms with E-state index in [2.05, 4.69) is 4.98 Å². The number of aromatic nitrogens is 1. The third kappa shape index (κ3) is 3.54. The van der Waals surface area contributed by atoms with E-state index >= 15 is 0 Å². The number of pyridine rings is 1. The van der Waals surface area contributed by atoms with Gasteiger partial charge in [-0.2, -0.15) is 0 Å². The van der Waals surface area contributed by atoms with Crippen LogP contribution in [0.1, 0.15) is 53.2 Å². The van der Waals surface area contributed by atoms with Gasteiger partial charge in [0.2, 0.25) is 5.88 Å². The SMILES string of the molecule is CCOC(=O)c1cc(C2=C(c3cc(Cl)cnc3O)CCC2)ccc1C. The zero-order valence-corrected chi connectivity index (χ0v) is 15.1. The highest BCUT2D eigenvalue weighted by molar-refractivity contribution is 6.30. The van der Waals surface area contributed by atoms with Crippen molar-refractivity contribution in [3.63, 3.8) is 0 Å². The normalized spacial score (nSPS) is 14.0. The van der Waals surface area contributed by atoms with Gasteiger partial charge in [-0.15, -0.1) is 0 Å². The summed E-state index contributed by atoms with van der Waals surface area (Å²) in [6.07, 6.45) is 4.14. The molecule has 0 amide bonds. The summed E-state index contributed by atoms with van der Waals surface area (Å²) in [5, 5.41) is 10.6. The van der Waals surface area contributed by atoms with Crippen LogP contribution in [0, 0.1) is 6.92 Å². The summed E-state index contributed by atoms with van der Waals surface area (Å²) in [5.41, 5.74) is 5.25. The van der Waals surface area contributed by atoms with E-state index in [1.807, 2.05) is 25.1 Å². The second-order valence-electron chi connectivity index (χ2n) is 6.09. The second-order valence-corrected chi connectivity index (χ2v) is 6.52. The van der Waals surface area contributed by atoms with Crippen LogP contribution in [0.25, 0.3) is 11.1 Å². The maximum absolute atomic E-state index is 12.2. The molecule has 0 atom stereocenters. The number of carbonyl (C=O) groups excluding carboxylic acids is 1. The zero-order valence-electron chi connectivity index (χ0n) is 14.3. The smallest absolute Gasteiger partial charge is 0.338 e. The first-order chi connectivity index (χ1) is 12.0. The third-order valence-electron chi connectivity index (χ3n) is 4.46. The van der Waals surface area contributed by atoms with Gasteiger partial charge in [-0.1, -0.05) is 23.7 Å². The minimum Gasteiger partial charge on any atom is -0.493 e. The third-order valence-corrected chi connectivity index (χ3v) is 4.66. The molecule has 1 aliphatic carbocycles. The number of halogens is 1. The molecule has 1 heterocycles. The molecule has 0 saturated heterocycles. The summed E-state index contributed by atoms with van der Waals surface area (Å²) in [6.45, 7) is 4.04. The first-order valence-corrected chi connectivity index (χ1v) is 8.74. The monoisotopic (exact) mass is 357 g/mol. The lowest BCUT2D eigenvalue weighted by Gasteiger charge is -2.12. The highest BCUT2D eigenvalue weighted by Gasteiger charge is 2.22. The van der Waals surface area contributed by atoms with Crippen LogP contribution < -0.4 is 0 Å². The van der Waals surface area contributed by atoms with Gasteiger partial charge >= 0.3 is 5.97 Å². The Hall–Kier alpha value is -2.33. The summed E-state index contributed by atoms with van der Waals surface area (Å²) in [4.78, 5) is 16.1. The number of rotatable bonds is 4. The largest absolute Gasteiger partial charge is 0.493 e. The van der Waals surface area contributed by atoms with E-state index in [0.717, 1.165) is 41.5 Å². The van der Waals surface area contributed by atoms with E-state index in [1.54, 1.807) is 13.0 Å². The van der Waals surface area contributed by atoms with E-state index in [4.69, 9.17) is 16.3 Å². The minimum atomic E-state index is -0.311. The maximum Gasteiger partial charge on any atom is 0.338 e. The molecule has 3 rings (SSSR count). The molecule has 1 aromatic heterocycles. The van der Waals surface area contributed by atoms with Crippen LogP contribution in [0.4, 0.5) is 0 Å². The number of aromatic hydroxyl groups is 1. The van der Waals surface area contributed by atoms with Crippen molar-refractivity contribution in [2.24, 2.45) is 0 Å². The van der Waals surface area contributed by atoms with Gasteiger partial charge in [0.05, 0.1) is 17.2 Å². The number of aryl methyl sites for hydroxylation is 1. The first-order valence-electron chi connectivity index (χ1n) is 8.36. The van der Waals surface area contributed by atoms with Gasteiger partial charge in [0.1, 0.15) is 0 Å². The predicted octanol–water partition coefficient (Wildman–Crippen LogP) is 5.02. The number of benzene rings is 1. The Labute approximate surface area is 152 Å². The van der Waals surface area contributed by atoms with Gasteiger partial charge in [0, 0.05) is 11.8 Å². The van der Waals surface area contributed by atoms with Crippen LogP contribution >= 0.6 is 11.6 Å². The van der Waals surface area contributed by atoms with E-state index in [1.165, 1.54) is 6.20 Å². The number of nitrogens with zero attached hydrogens (tertiary/aromatic N) is 1. The lowest BCUT2D eigenvalue weighted by atomic mass is 9.95. The molecular formula is C20H20ClNO3. The summed E-state index contributed by atoms with van der Waals surface area (Å²) in [6, 6.07) is 7.56. The van der Waals surface area contributed by atoms with Crippen LogP contribution in [0.5, 0.6) is 5.88 Å². The number of carbonyl (C=O) groups is 1. The topological polar surface area (TPSA) is 59.4 Å². The Kier molecular flexibility index (Phi) is 5.09. The molecule has 0 spiro atoms. The Morgan fingerprint density at radius 2 is 2.04 bits per heavy atom. The number of allylic oxidation sites excluding steroid dienone is 2.